The number of ether oxygens (including phenoxy) is 1. The highest BCUT2D eigenvalue weighted by atomic mass is 32.2. The van der Waals surface area contributed by atoms with Gasteiger partial charge in [0.1, 0.15) is 11.8 Å². The molecule has 164 valence electrons. The molecule has 2 atom stereocenters. The van der Waals surface area contributed by atoms with E-state index < -0.39 is 16.1 Å². The molecule has 1 amide bonds. The quantitative estimate of drug-likeness (QED) is 0.683. The Bertz CT molecular complexity index is 1020. The van der Waals surface area contributed by atoms with Crippen LogP contribution in [0.4, 0.5) is 5.69 Å². The molecular formula is C23H32N2O4S. The minimum absolute atomic E-state index is 0.231. The lowest BCUT2D eigenvalue weighted by Crippen LogP contribution is -2.48. The van der Waals surface area contributed by atoms with Crippen molar-refractivity contribution in [1.82, 2.24) is 5.32 Å². The van der Waals surface area contributed by atoms with Gasteiger partial charge in [-0.05, 0) is 74.6 Å². The van der Waals surface area contributed by atoms with Gasteiger partial charge in [-0.2, -0.15) is 0 Å². The highest BCUT2D eigenvalue weighted by Crippen LogP contribution is 2.26. The lowest BCUT2D eigenvalue weighted by atomic mass is 10.0. The van der Waals surface area contributed by atoms with E-state index in [0.717, 1.165) is 34.3 Å². The van der Waals surface area contributed by atoms with E-state index in [4.69, 9.17) is 4.74 Å². The molecule has 0 aliphatic rings. The van der Waals surface area contributed by atoms with Crippen LogP contribution in [0.15, 0.2) is 36.4 Å². The minimum atomic E-state index is -3.66. The Kier molecular flexibility index (Phi) is 7.53. The number of amides is 1. The van der Waals surface area contributed by atoms with Crippen molar-refractivity contribution in [2.75, 3.05) is 17.7 Å². The smallest absolute Gasteiger partial charge is 0.244 e. The average molecular weight is 433 g/mol. The van der Waals surface area contributed by atoms with Crippen LogP contribution in [0, 0.1) is 20.8 Å². The van der Waals surface area contributed by atoms with Crippen LogP contribution in [-0.4, -0.2) is 33.7 Å². The number of carbonyl (C=O) groups is 1. The fraction of sp³-hybridized carbons (Fsp3) is 0.435. The second-order valence-corrected chi connectivity index (χ2v) is 9.56. The molecule has 1 N–H and O–H groups in total. The van der Waals surface area contributed by atoms with Gasteiger partial charge < -0.3 is 10.1 Å². The Morgan fingerprint density at radius 3 is 2.23 bits per heavy atom. The number of benzene rings is 2. The van der Waals surface area contributed by atoms with Crippen LogP contribution >= 0.6 is 0 Å². The first-order chi connectivity index (χ1) is 14.0. The molecule has 2 rings (SSSR count). The van der Waals surface area contributed by atoms with E-state index in [1.807, 2.05) is 52.0 Å². The predicted molar refractivity (Wildman–Crippen MR) is 122 cm³/mol. The van der Waals surface area contributed by atoms with Crippen LogP contribution in [0.5, 0.6) is 5.75 Å². The highest BCUT2D eigenvalue weighted by Gasteiger charge is 2.30. The first-order valence-electron chi connectivity index (χ1n) is 10.0. The monoisotopic (exact) mass is 432 g/mol. The Hall–Kier alpha value is -2.54. The van der Waals surface area contributed by atoms with E-state index in [9.17, 15) is 13.2 Å². The Labute approximate surface area is 180 Å². The number of rotatable bonds is 8. The summed E-state index contributed by atoms with van der Waals surface area (Å²) in [5, 5.41) is 3.01. The molecule has 0 aliphatic carbocycles. The zero-order valence-corrected chi connectivity index (χ0v) is 19.6. The third-order valence-electron chi connectivity index (χ3n) is 5.38. The van der Waals surface area contributed by atoms with E-state index in [1.165, 1.54) is 4.31 Å². The Morgan fingerprint density at radius 2 is 1.73 bits per heavy atom. The molecule has 7 heteroatoms. The van der Waals surface area contributed by atoms with Gasteiger partial charge in [0.05, 0.1) is 25.1 Å². The van der Waals surface area contributed by atoms with Gasteiger partial charge in [0.2, 0.25) is 15.9 Å². The van der Waals surface area contributed by atoms with Gasteiger partial charge in [0.25, 0.3) is 0 Å². The summed E-state index contributed by atoms with van der Waals surface area (Å²) < 4.78 is 31.6. The molecule has 0 fully saturated rings. The predicted octanol–water partition coefficient (Wildman–Crippen LogP) is 4.04. The van der Waals surface area contributed by atoms with Crippen molar-refractivity contribution in [3.8, 4) is 5.75 Å². The van der Waals surface area contributed by atoms with Crippen LogP contribution in [0.25, 0.3) is 0 Å². The molecule has 2 aromatic carbocycles. The van der Waals surface area contributed by atoms with Crippen molar-refractivity contribution < 1.29 is 17.9 Å². The number of sulfonamides is 1. The highest BCUT2D eigenvalue weighted by molar-refractivity contribution is 7.92. The number of anilines is 1. The molecule has 0 spiro atoms. The molecule has 0 saturated carbocycles. The van der Waals surface area contributed by atoms with Crippen LogP contribution in [0.2, 0.25) is 0 Å². The molecule has 30 heavy (non-hydrogen) atoms. The first kappa shape index (κ1) is 23.7. The summed E-state index contributed by atoms with van der Waals surface area (Å²) in [7, 11) is -2.04. The number of nitrogens with one attached hydrogen (secondary N) is 1. The number of methoxy groups -OCH3 is 1. The van der Waals surface area contributed by atoms with E-state index in [1.54, 1.807) is 26.2 Å². The molecule has 0 bridgehead atoms. The standard InChI is InChI=1S/C23H32N2O4S/c1-8-21(19-10-12-22(29-6)17(4)13-19)24-23(26)18(5)25(30(7,27)28)20-11-9-15(2)16(3)14-20/h9-14,18,21H,8H2,1-7H3,(H,24,26). The van der Waals surface area contributed by atoms with Crippen molar-refractivity contribution >= 4 is 21.6 Å². The summed E-state index contributed by atoms with van der Waals surface area (Å²) in [5.74, 6) is 0.435. The third kappa shape index (κ3) is 5.33. The van der Waals surface area contributed by atoms with Gasteiger partial charge >= 0.3 is 0 Å². The summed E-state index contributed by atoms with van der Waals surface area (Å²) >= 11 is 0. The number of aryl methyl sites for hydroxylation is 3. The zero-order chi connectivity index (χ0) is 22.6. The van der Waals surface area contributed by atoms with Crippen molar-refractivity contribution in [2.45, 2.75) is 53.1 Å². The van der Waals surface area contributed by atoms with Crippen LogP contribution < -0.4 is 14.4 Å². The Balaban J connectivity index is 2.31. The van der Waals surface area contributed by atoms with Crippen LogP contribution in [-0.2, 0) is 14.8 Å². The van der Waals surface area contributed by atoms with Gasteiger partial charge in [0.15, 0.2) is 0 Å². The number of carbonyl (C=O) groups excluding carboxylic acids is 1. The van der Waals surface area contributed by atoms with Crippen molar-refractivity contribution in [3.63, 3.8) is 0 Å². The summed E-state index contributed by atoms with van der Waals surface area (Å²) in [4.78, 5) is 13.1. The minimum Gasteiger partial charge on any atom is -0.496 e. The zero-order valence-electron chi connectivity index (χ0n) is 18.8. The fourth-order valence-electron chi connectivity index (χ4n) is 3.50. The molecule has 0 aliphatic heterocycles. The van der Waals surface area contributed by atoms with Crippen molar-refractivity contribution in [2.24, 2.45) is 0 Å². The molecule has 0 aromatic heterocycles. The van der Waals surface area contributed by atoms with Crippen LogP contribution in [0.1, 0.15) is 48.6 Å². The first-order valence-corrected chi connectivity index (χ1v) is 11.9. The maximum Gasteiger partial charge on any atom is 0.244 e. The molecule has 2 aromatic rings. The largest absolute Gasteiger partial charge is 0.496 e. The average Bonchev–Trinajstić information content (AvgIpc) is 2.67. The van der Waals surface area contributed by atoms with E-state index in [2.05, 4.69) is 5.32 Å². The molecular weight excluding hydrogens is 400 g/mol. The number of hydrogen-bond donors (Lipinski definition) is 1. The maximum atomic E-state index is 13.1. The summed E-state index contributed by atoms with van der Waals surface area (Å²) in [6.07, 6.45) is 1.79. The topological polar surface area (TPSA) is 75.7 Å². The van der Waals surface area contributed by atoms with Crippen molar-refractivity contribution in [3.05, 3.63) is 58.7 Å². The molecule has 0 radical (unpaired) electrons. The van der Waals surface area contributed by atoms with E-state index in [-0.39, 0.29) is 11.9 Å². The second-order valence-electron chi connectivity index (χ2n) is 7.70. The van der Waals surface area contributed by atoms with Gasteiger partial charge in [0, 0.05) is 0 Å². The van der Waals surface area contributed by atoms with Crippen LogP contribution in [0.3, 0.4) is 0 Å². The van der Waals surface area contributed by atoms with Gasteiger partial charge in [-0.15, -0.1) is 0 Å². The van der Waals surface area contributed by atoms with Gasteiger partial charge in [-0.1, -0.05) is 25.1 Å². The summed E-state index contributed by atoms with van der Waals surface area (Å²) in [6.45, 7) is 9.42. The lowest BCUT2D eigenvalue weighted by Gasteiger charge is -2.30. The third-order valence-corrected chi connectivity index (χ3v) is 6.62. The molecule has 0 saturated heterocycles. The van der Waals surface area contributed by atoms with E-state index in [0.29, 0.717) is 12.1 Å². The maximum absolute atomic E-state index is 13.1. The normalized spacial score (nSPS) is 13.4. The number of hydrogen-bond acceptors (Lipinski definition) is 4. The Morgan fingerprint density at radius 1 is 1.07 bits per heavy atom. The molecule has 0 heterocycles. The lowest BCUT2D eigenvalue weighted by molar-refractivity contribution is -0.122. The van der Waals surface area contributed by atoms with Gasteiger partial charge in [-0.3, -0.25) is 9.10 Å². The summed E-state index contributed by atoms with van der Waals surface area (Å²) in [6, 6.07) is 10.0. The molecule has 2 unspecified atom stereocenters. The molecule has 6 nitrogen and oxygen atoms in total. The SMILES string of the molecule is CCC(NC(=O)C(C)N(c1ccc(C)c(C)c1)S(C)(=O)=O)c1ccc(OC)c(C)c1. The van der Waals surface area contributed by atoms with Gasteiger partial charge in [-0.25, -0.2) is 8.42 Å². The second kappa shape index (κ2) is 9.51. The fourth-order valence-corrected chi connectivity index (χ4v) is 4.67. The van der Waals surface area contributed by atoms with Crippen molar-refractivity contribution in [1.29, 1.82) is 0 Å². The summed E-state index contributed by atoms with van der Waals surface area (Å²) in [5.41, 5.74) is 4.44. The van der Waals surface area contributed by atoms with E-state index >= 15 is 0 Å². The number of nitrogens with zero attached hydrogens (tertiary/aromatic N) is 1.